The van der Waals surface area contributed by atoms with Crippen LogP contribution in [0.3, 0.4) is 0 Å². The van der Waals surface area contributed by atoms with Crippen LogP contribution >= 0.6 is 0 Å². The molecule has 1 N–H and O–H groups in total. The zero-order valence-electron chi connectivity index (χ0n) is 17.7. The van der Waals surface area contributed by atoms with Crippen molar-refractivity contribution in [2.24, 2.45) is 7.05 Å². The third kappa shape index (κ3) is 4.62. The molecular weight excluding hydrogens is 421 g/mol. The van der Waals surface area contributed by atoms with E-state index in [1.807, 2.05) is 24.4 Å². The van der Waals surface area contributed by atoms with Crippen LogP contribution in [0.15, 0.2) is 53.2 Å². The fourth-order valence-corrected chi connectivity index (χ4v) is 3.59. The Balaban J connectivity index is 1.44. The first kappa shape index (κ1) is 21.9. The molecule has 3 heterocycles. The maximum absolute atomic E-state index is 13.2. The van der Waals surface area contributed by atoms with Gasteiger partial charge in [0.15, 0.2) is 5.76 Å². The Bertz CT molecular complexity index is 1200. The van der Waals surface area contributed by atoms with Crippen molar-refractivity contribution in [3.63, 3.8) is 0 Å². The average molecular weight is 444 g/mol. The van der Waals surface area contributed by atoms with Gasteiger partial charge in [-0.1, -0.05) is 12.1 Å². The second kappa shape index (κ2) is 9.04. The number of nitrogens with zero attached hydrogens (tertiary/aromatic N) is 3. The highest BCUT2D eigenvalue weighted by atomic mass is 19.4. The number of benzene rings is 1. The van der Waals surface area contributed by atoms with Crippen LogP contribution in [0, 0.1) is 6.92 Å². The van der Waals surface area contributed by atoms with Crippen LogP contribution in [-0.2, 0) is 19.8 Å². The van der Waals surface area contributed by atoms with Crippen LogP contribution in [0.5, 0.6) is 5.75 Å². The van der Waals surface area contributed by atoms with Crippen molar-refractivity contribution in [3.05, 3.63) is 65.6 Å². The standard InChI is InChI=1S/C23H23F3N4O2/c1-15-21-18(31-11-5-10-28-14-16-6-4-9-27-13-16)7-3-8-19(21)32-22(15)17-12-20(23(24,25)26)30(2)29-17/h3-4,6-9,12-13,28H,5,10-11,14H2,1-2H3. The van der Waals surface area contributed by atoms with Crippen molar-refractivity contribution in [1.82, 2.24) is 20.1 Å². The molecule has 0 amide bonds. The van der Waals surface area contributed by atoms with Crippen LogP contribution in [0.1, 0.15) is 23.2 Å². The van der Waals surface area contributed by atoms with Crippen LogP contribution < -0.4 is 10.1 Å². The van der Waals surface area contributed by atoms with Crippen molar-refractivity contribution in [1.29, 1.82) is 0 Å². The number of ether oxygens (including phenoxy) is 1. The normalized spacial score (nSPS) is 11.9. The fourth-order valence-electron chi connectivity index (χ4n) is 3.59. The summed E-state index contributed by atoms with van der Waals surface area (Å²) in [4.78, 5) is 4.08. The van der Waals surface area contributed by atoms with E-state index in [0.717, 1.165) is 41.2 Å². The van der Waals surface area contributed by atoms with Gasteiger partial charge in [0.25, 0.3) is 0 Å². The first-order valence-electron chi connectivity index (χ1n) is 10.2. The minimum absolute atomic E-state index is 0.138. The lowest BCUT2D eigenvalue weighted by Crippen LogP contribution is -2.17. The van der Waals surface area contributed by atoms with E-state index in [1.165, 1.54) is 7.05 Å². The Morgan fingerprint density at radius 3 is 2.75 bits per heavy atom. The number of aryl methyl sites for hydroxylation is 2. The zero-order valence-corrected chi connectivity index (χ0v) is 17.7. The van der Waals surface area contributed by atoms with E-state index in [-0.39, 0.29) is 5.69 Å². The third-order valence-electron chi connectivity index (χ3n) is 5.13. The summed E-state index contributed by atoms with van der Waals surface area (Å²) in [6.07, 6.45) is -0.137. The second-order valence-corrected chi connectivity index (χ2v) is 7.46. The summed E-state index contributed by atoms with van der Waals surface area (Å²) in [7, 11) is 1.27. The van der Waals surface area contributed by atoms with Gasteiger partial charge in [-0.3, -0.25) is 9.67 Å². The number of alkyl halides is 3. The molecule has 0 unspecified atom stereocenters. The summed E-state index contributed by atoms with van der Waals surface area (Å²) in [5, 5.41) is 8.08. The van der Waals surface area contributed by atoms with Gasteiger partial charge in [-0.25, -0.2) is 0 Å². The number of aromatic nitrogens is 3. The average Bonchev–Trinajstić information content (AvgIpc) is 3.32. The van der Waals surface area contributed by atoms with Crippen molar-refractivity contribution in [2.45, 2.75) is 26.1 Å². The molecule has 0 aliphatic rings. The summed E-state index contributed by atoms with van der Waals surface area (Å²) >= 11 is 0. The maximum atomic E-state index is 13.2. The van der Waals surface area contributed by atoms with Gasteiger partial charge < -0.3 is 14.5 Å². The molecular formula is C23H23F3N4O2. The lowest BCUT2D eigenvalue weighted by molar-refractivity contribution is -0.143. The van der Waals surface area contributed by atoms with Gasteiger partial charge in [0.05, 0.1) is 12.0 Å². The fraction of sp³-hybridized carbons (Fsp3) is 0.304. The van der Waals surface area contributed by atoms with Gasteiger partial charge in [0.2, 0.25) is 0 Å². The molecule has 9 heteroatoms. The summed E-state index contributed by atoms with van der Waals surface area (Å²) in [5.41, 5.74) is 1.66. The Morgan fingerprint density at radius 2 is 2.03 bits per heavy atom. The van der Waals surface area contributed by atoms with Crippen LogP contribution in [0.25, 0.3) is 22.4 Å². The number of halogens is 3. The Hall–Kier alpha value is -3.33. The molecule has 6 nitrogen and oxygen atoms in total. The van der Waals surface area contributed by atoms with Crippen molar-refractivity contribution in [2.75, 3.05) is 13.2 Å². The topological polar surface area (TPSA) is 65.1 Å². The number of rotatable bonds is 8. The molecule has 0 bridgehead atoms. The first-order valence-corrected chi connectivity index (χ1v) is 10.2. The minimum Gasteiger partial charge on any atom is -0.493 e. The van der Waals surface area contributed by atoms with E-state index in [9.17, 15) is 13.2 Å². The van der Waals surface area contributed by atoms with E-state index in [2.05, 4.69) is 15.4 Å². The molecule has 1 aromatic carbocycles. The predicted octanol–water partition coefficient (Wildman–Crippen LogP) is 5.11. The van der Waals surface area contributed by atoms with Crippen LogP contribution in [0.4, 0.5) is 13.2 Å². The molecule has 0 aliphatic carbocycles. The molecule has 0 fully saturated rings. The Labute approximate surface area is 183 Å². The number of hydrogen-bond donors (Lipinski definition) is 1. The Morgan fingerprint density at radius 1 is 1.19 bits per heavy atom. The van der Waals surface area contributed by atoms with Gasteiger partial charge >= 0.3 is 6.18 Å². The van der Waals surface area contributed by atoms with Gasteiger partial charge in [0, 0.05) is 31.5 Å². The van der Waals surface area contributed by atoms with Crippen LogP contribution in [-0.4, -0.2) is 27.9 Å². The van der Waals surface area contributed by atoms with E-state index in [4.69, 9.17) is 9.15 Å². The van der Waals surface area contributed by atoms with Gasteiger partial charge in [0.1, 0.15) is 22.7 Å². The maximum Gasteiger partial charge on any atom is 0.433 e. The smallest absolute Gasteiger partial charge is 0.433 e. The number of fused-ring (bicyclic) bond motifs is 1. The van der Waals surface area contributed by atoms with Crippen LogP contribution in [0.2, 0.25) is 0 Å². The predicted molar refractivity (Wildman–Crippen MR) is 114 cm³/mol. The lowest BCUT2D eigenvalue weighted by atomic mass is 10.1. The van der Waals surface area contributed by atoms with Crippen molar-refractivity contribution >= 4 is 11.0 Å². The lowest BCUT2D eigenvalue weighted by Gasteiger charge is -2.08. The van der Waals surface area contributed by atoms with Crippen molar-refractivity contribution in [3.8, 4) is 17.2 Å². The van der Waals surface area contributed by atoms with E-state index >= 15 is 0 Å². The molecule has 32 heavy (non-hydrogen) atoms. The minimum atomic E-state index is -4.49. The molecule has 0 spiro atoms. The molecule has 0 saturated carbocycles. The SMILES string of the molecule is Cc1c(-c2cc(C(F)(F)F)n(C)n2)oc2cccc(OCCCNCc3cccnc3)c12. The largest absolute Gasteiger partial charge is 0.493 e. The number of pyridine rings is 1. The molecule has 0 atom stereocenters. The van der Waals surface area contributed by atoms with Gasteiger partial charge in [-0.15, -0.1) is 0 Å². The molecule has 4 rings (SSSR count). The van der Waals surface area contributed by atoms with E-state index < -0.39 is 11.9 Å². The van der Waals surface area contributed by atoms with E-state index in [1.54, 1.807) is 25.3 Å². The molecule has 0 radical (unpaired) electrons. The highest BCUT2D eigenvalue weighted by Gasteiger charge is 2.35. The second-order valence-electron chi connectivity index (χ2n) is 7.46. The molecule has 168 valence electrons. The number of nitrogens with one attached hydrogen (secondary N) is 1. The number of furan rings is 1. The first-order chi connectivity index (χ1) is 15.3. The van der Waals surface area contributed by atoms with Gasteiger partial charge in [-0.05, 0) is 49.7 Å². The third-order valence-corrected chi connectivity index (χ3v) is 5.13. The highest BCUT2D eigenvalue weighted by molar-refractivity contribution is 5.92. The Kier molecular flexibility index (Phi) is 6.18. The molecule has 4 aromatic rings. The number of hydrogen-bond acceptors (Lipinski definition) is 5. The summed E-state index contributed by atoms with van der Waals surface area (Å²) in [6.45, 7) is 3.79. The summed E-state index contributed by atoms with van der Waals surface area (Å²) < 4.78 is 52.1. The van der Waals surface area contributed by atoms with Gasteiger partial charge in [-0.2, -0.15) is 18.3 Å². The monoisotopic (exact) mass is 444 g/mol. The molecule has 0 aliphatic heterocycles. The summed E-state index contributed by atoms with van der Waals surface area (Å²) in [6, 6.07) is 10.3. The highest BCUT2D eigenvalue weighted by Crippen LogP contribution is 2.39. The summed E-state index contributed by atoms with van der Waals surface area (Å²) in [5.74, 6) is 0.939. The molecule has 0 saturated heterocycles. The molecule has 3 aromatic heterocycles. The zero-order chi connectivity index (χ0) is 22.7. The quantitative estimate of drug-likeness (QED) is 0.383. The van der Waals surface area contributed by atoms with Crippen molar-refractivity contribution < 1.29 is 22.3 Å². The van der Waals surface area contributed by atoms with E-state index in [0.29, 0.717) is 29.3 Å².